The maximum Gasteiger partial charge on any atom is 0.250 e. The van der Waals surface area contributed by atoms with Crippen LogP contribution in [0.15, 0.2) is 48.5 Å². The van der Waals surface area contributed by atoms with E-state index in [1.165, 1.54) is 0 Å². The van der Waals surface area contributed by atoms with Crippen molar-refractivity contribution >= 4 is 23.2 Å². The fourth-order valence-corrected chi connectivity index (χ4v) is 2.34. The molecule has 5 N–H and O–H groups in total. The lowest BCUT2D eigenvalue weighted by Crippen LogP contribution is -2.15. The van der Waals surface area contributed by atoms with Gasteiger partial charge in [-0.15, -0.1) is 0 Å². The predicted molar refractivity (Wildman–Crippen MR) is 86.4 cm³/mol. The molecule has 0 saturated carbocycles. The molecule has 1 unspecified atom stereocenters. The molecule has 0 aliphatic rings. The van der Waals surface area contributed by atoms with Crippen molar-refractivity contribution in [1.29, 1.82) is 0 Å². The van der Waals surface area contributed by atoms with Gasteiger partial charge in [-0.25, -0.2) is 0 Å². The second kappa shape index (κ2) is 7.11. The Morgan fingerprint density at radius 1 is 1.19 bits per heavy atom. The molecule has 0 bridgehead atoms. The zero-order chi connectivity index (χ0) is 15.2. The van der Waals surface area contributed by atoms with Crippen LogP contribution in [-0.2, 0) is 0 Å². The summed E-state index contributed by atoms with van der Waals surface area (Å²) in [5.41, 5.74) is 13.6. The SMILES string of the molecule is NC(=O)c1ccc(NCCC(N)c2ccccc2)cc1Cl. The Bertz CT molecular complexity index is 616. The topological polar surface area (TPSA) is 81.1 Å². The van der Waals surface area contributed by atoms with Gasteiger partial charge in [-0.2, -0.15) is 0 Å². The molecule has 0 aromatic heterocycles. The van der Waals surface area contributed by atoms with Gasteiger partial charge in [0, 0.05) is 18.3 Å². The summed E-state index contributed by atoms with van der Waals surface area (Å²) in [6, 6.07) is 15.0. The molecule has 21 heavy (non-hydrogen) atoms. The zero-order valence-corrected chi connectivity index (χ0v) is 12.3. The number of nitrogens with one attached hydrogen (secondary N) is 1. The molecule has 0 spiro atoms. The van der Waals surface area contributed by atoms with Gasteiger partial charge in [0.1, 0.15) is 0 Å². The van der Waals surface area contributed by atoms with Crippen LogP contribution in [0.2, 0.25) is 5.02 Å². The first-order valence-electron chi connectivity index (χ1n) is 6.71. The molecule has 1 amide bonds. The smallest absolute Gasteiger partial charge is 0.250 e. The van der Waals surface area contributed by atoms with Crippen molar-refractivity contribution in [2.24, 2.45) is 11.5 Å². The number of benzene rings is 2. The van der Waals surface area contributed by atoms with Crippen molar-refractivity contribution < 1.29 is 4.79 Å². The Kier molecular flexibility index (Phi) is 5.20. The molecule has 1 atom stereocenters. The average molecular weight is 304 g/mol. The number of hydrogen-bond acceptors (Lipinski definition) is 3. The monoisotopic (exact) mass is 303 g/mol. The summed E-state index contributed by atoms with van der Waals surface area (Å²) in [4.78, 5) is 11.1. The summed E-state index contributed by atoms with van der Waals surface area (Å²) in [6.45, 7) is 0.711. The molecule has 2 rings (SSSR count). The molecular formula is C16H18ClN3O. The number of primary amides is 1. The van der Waals surface area contributed by atoms with Crippen LogP contribution in [0.3, 0.4) is 0 Å². The lowest BCUT2D eigenvalue weighted by Gasteiger charge is -2.13. The van der Waals surface area contributed by atoms with E-state index in [1.807, 2.05) is 30.3 Å². The van der Waals surface area contributed by atoms with Crippen molar-refractivity contribution in [3.05, 3.63) is 64.7 Å². The first kappa shape index (κ1) is 15.4. The van der Waals surface area contributed by atoms with Crippen LogP contribution >= 0.6 is 11.6 Å². The summed E-state index contributed by atoms with van der Waals surface area (Å²) in [7, 11) is 0. The van der Waals surface area contributed by atoms with Gasteiger partial charge < -0.3 is 16.8 Å². The van der Waals surface area contributed by atoms with E-state index in [2.05, 4.69) is 5.32 Å². The minimum Gasteiger partial charge on any atom is -0.385 e. The van der Waals surface area contributed by atoms with E-state index in [9.17, 15) is 4.79 Å². The first-order valence-corrected chi connectivity index (χ1v) is 7.09. The van der Waals surface area contributed by atoms with Gasteiger partial charge in [0.2, 0.25) is 5.91 Å². The van der Waals surface area contributed by atoms with Crippen LogP contribution in [-0.4, -0.2) is 12.5 Å². The molecule has 4 nitrogen and oxygen atoms in total. The molecule has 5 heteroatoms. The Hall–Kier alpha value is -2.04. The van der Waals surface area contributed by atoms with Crippen LogP contribution in [0.5, 0.6) is 0 Å². The number of hydrogen-bond donors (Lipinski definition) is 3. The van der Waals surface area contributed by atoms with E-state index < -0.39 is 5.91 Å². The third-order valence-corrected chi connectivity index (χ3v) is 3.56. The lowest BCUT2D eigenvalue weighted by atomic mass is 10.1. The van der Waals surface area contributed by atoms with E-state index >= 15 is 0 Å². The Labute approximate surface area is 129 Å². The van der Waals surface area contributed by atoms with E-state index in [-0.39, 0.29) is 6.04 Å². The molecular weight excluding hydrogens is 286 g/mol. The predicted octanol–water partition coefficient (Wildman–Crippen LogP) is 2.94. The number of halogens is 1. The molecule has 0 saturated heterocycles. The number of carbonyl (C=O) groups is 1. The highest BCUT2D eigenvalue weighted by atomic mass is 35.5. The third-order valence-electron chi connectivity index (χ3n) is 3.25. The number of rotatable bonds is 6. The number of amides is 1. The van der Waals surface area contributed by atoms with Crippen molar-refractivity contribution in [1.82, 2.24) is 0 Å². The van der Waals surface area contributed by atoms with Gasteiger partial charge >= 0.3 is 0 Å². The van der Waals surface area contributed by atoms with Crippen molar-refractivity contribution in [3.63, 3.8) is 0 Å². The average Bonchev–Trinajstić information content (AvgIpc) is 2.47. The van der Waals surface area contributed by atoms with Gasteiger partial charge in [-0.1, -0.05) is 41.9 Å². The highest BCUT2D eigenvalue weighted by Crippen LogP contribution is 2.21. The van der Waals surface area contributed by atoms with Gasteiger partial charge in [-0.3, -0.25) is 4.79 Å². The number of anilines is 1. The van der Waals surface area contributed by atoms with Crippen LogP contribution in [0, 0.1) is 0 Å². The van der Waals surface area contributed by atoms with Crippen molar-refractivity contribution in [2.45, 2.75) is 12.5 Å². The Morgan fingerprint density at radius 2 is 1.90 bits per heavy atom. The molecule has 0 radical (unpaired) electrons. The van der Waals surface area contributed by atoms with Crippen LogP contribution in [0.25, 0.3) is 0 Å². The van der Waals surface area contributed by atoms with Gasteiger partial charge in [0.05, 0.1) is 10.6 Å². The maximum absolute atomic E-state index is 11.1. The Balaban J connectivity index is 1.89. The highest BCUT2D eigenvalue weighted by Gasteiger charge is 2.08. The van der Waals surface area contributed by atoms with Crippen LogP contribution < -0.4 is 16.8 Å². The third kappa shape index (κ3) is 4.21. The normalized spacial score (nSPS) is 11.9. The molecule has 110 valence electrons. The standard InChI is InChI=1S/C16H18ClN3O/c17-14-10-12(6-7-13(14)16(19)21)20-9-8-15(18)11-4-2-1-3-5-11/h1-7,10,15,20H,8-9,18H2,(H2,19,21). The van der Waals surface area contributed by atoms with Crippen LogP contribution in [0.4, 0.5) is 5.69 Å². The molecule has 0 aliphatic heterocycles. The van der Waals surface area contributed by atoms with Crippen molar-refractivity contribution in [2.75, 3.05) is 11.9 Å². The fraction of sp³-hybridized carbons (Fsp3) is 0.188. The molecule has 2 aromatic rings. The zero-order valence-electron chi connectivity index (χ0n) is 11.6. The summed E-state index contributed by atoms with van der Waals surface area (Å²) < 4.78 is 0. The van der Waals surface area contributed by atoms with Gasteiger partial charge in [0.25, 0.3) is 0 Å². The number of nitrogens with two attached hydrogens (primary N) is 2. The fourth-order valence-electron chi connectivity index (χ4n) is 2.06. The largest absolute Gasteiger partial charge is 0.385 e. The van der Waals surface area contributed by atoms with E-state index in [4.69, 9.17) is 23.1 Å². The van der Waals surface area contributed by atoms with Gasteiger partial charge in [-0.05, 0) is 30.2 Å². The highest BCUT2D eigenvalue weighted by molar-refractivity contribution is 6.34. The number of carbonyl (C=O) groups excluding carboxylic acids is 1. The van der Waals surface area contributed by atoms with E-state index in [0.29, 0.717) is 17.1 Å². The summed E-state index contributed by atoms with van der Waals surface area (Å²) in [5, 5.41) is 3.58. The minimum absolute atomic E-state index is 0.0148. The van der Waals surface area contributed by atoms with Crippen molar-refractivity contribution in [3.8, 4) is 0 Å². The Morgan fingerprint density at radius 3 is 2.52 bits per heavy atom. The molecule has 2 aromatic carbocycles. The van der Waals surface area contributed by atoms with Gasteiger partial charge in [0.15, 0.2) is 0 Å². The minimum atomic E-state index is -0.530. The van der Waals surface area contributed by atoms with E-state index in [0.717, 1.165) is 17.7 Å². The van der Waals surface area contributed by atoms with E-state index in [1.54, 1.807) is 18.2 Å². The summed E-state index contributed by atoms with van der Waals surface area (Å²) in [5.74, 6) is -0.530. The maximum atomic E-state index is 11.1. The lowest BCUT2D eigenvalue weighted by molar-refractivity contribution is 0.100. The second-order valence-electron chi connectivity index (χ2n) is 4.79. The summed E-state index contributed by atoms with van der Waals surface area (Å²) in [6.07, 6.45) is 0.791. The van der Waals surface area contributed by atoms with Crippen LogP contribution in [0.1, 0.15) is 28.4 Å². The molecule has 0 aliphatic carbocycles. The quantitative estimate of drug-likeness (QED) is 0.767. The molecule has 0 heterocycles. The summed E-state index contributed by atoms with van der Waals surface area (Å²) >= 11 is 6.00. The second-order valence-corrected chi connectivity index (χ2v) is 5.20. The molecule has 0 fully saturated rings. The first-order chi connectivity index (χ1) is 10.1.